The Morgan fingerprint density at radius 1 is 0.939 bits per heavy atom. The van der Waals surface area contributed by atoms with Crippen molar-refractivity contribution in [2.24, 2.45) is 52.3 Å². The fourth-order valence-corrected chi connectivity index (χ4v) is 10.5. The molecular formula is C30H50O3. The summed E-state index contributed by atoms with van der Waals surface area (Å²) in [7, 11) is 0. The molecular weight excluding hydrogens is 408 g/mol. The summed E-state index contributed by atoms with van der Waals surface area (Å²) in [6.07, 6.45) is 15.0. The molecule has 4 aliphatic carbocycles. The molecule has 3 heteroatoms. The van der Waals surface area contributed by atoms with Crippen molar-refractivity contribution in [2.75, 3.05) is 6.61 Å². The second kappa shape index (κ2) is 8.52. The maximum Gasteiger partial charge on any atom is 0.303 e. The molecule has 10 atom stereocenters. The van der Waals surface area contributed by atoms with Gasteiger partial charge in [-0.15, -0.1) is 0 Å². The van der Waals surface area contributed by atoms with E-state index in [1.165, 1.54) is 64.2 Å². The molecule has 1 saturated heterocycles. The molecule has 4 saturated carbocycles. The molecule has 5 fully saturated rings. The topological polar surface area (TPSA) is 35.5 Å². The first-order valence-corrected chi connectivity index (χ1v) is 14.4. The Labute approximate surface area is 203 Å². The number of hydrogen-bond donors (Lipinski definition) is 0. The highest BCUT2D eigenvalue weighted by molar-refractivity contribution is 5.67. The van der Waals surface area contributed by atoms with Crippen LogP contribution in [0.5, 0.6) is 0 Å². The second-order valence-corrected chi connectivity index (χ2v) is 13.9. The smallest absolute Gasteiger partial charge is 0.303 e. The van der Waals surface area contributed by atoms with Crippen molar-refractivity contribution in [1.82, 2.24) is 0 Å². The fraction of sp³-hybridized carbons (Fsp3) is 0.967. The van der Waals surface area contributed by atoms with Gasteiger partial charge in [0.2, 0.25) is 0 Å². The van der Waals surface area contributed by atoms with Crippen LogP contribution in [0, 0.1) is 52.3 Å². The standard InChI is InChI=1S/C30H50O3/c1-19(2)8-7-9-20(3)23-11-12-24-22-10-13-26-29(6,25(22)14-16-28(23,24)5)17-15-27-30(26,18-32-27)33-21(4)31/h19-20,22-27H,7-18H2,1-6H3/t20-,22+,23-,24+,25+,26-,27+,28-,29-,30+/m1/s1. The Balaban J connectivity index is 1.33. The van der Waals surface area contributed by atoms with Gasteiger partial charge in [0.05, 0.1) is 6.61 Å². The van der Waals surface area contributed by atoms with Gasteiger partial charge in [-0.3, -0.25) is 4.79 Å². The van der Waals surface area contributed by atoms with Gasteiger partial charge in [0.15, 0.2) is 5.60 Å². The second-order valence-electron chi connectivity index (χ2n) is 13.9. The first-order valence-electron chi connectivity index (χ1n) is 14.4. The Morgan fingerprint density at radius 2 is 1.67 bits per heavy atom. The van der Waals surface area contributed by atoms with Crippen molar-refractivity contribution < 1.29 is 14.3 Å². The van der Waals surface area contributed by atoms with Gasteiger partial charge in [0.25, 0.3) is 0 Å². The molecule has 5 aliphatic rings. The summed E-state index contributed by atoms with van der Waals surface area (Å²) in [5.41, 5.74) is 0.528. The van der Waals surface area contributed by atoms with Crippen LogP contribution in [-0.2, 0) is 14.3 Å². The molecule has 1 heterocycles. The Morgan fingerprint density at radius 3 is 2.33 bits per heavy atom. The first-order chi connectivity index (χ1) is 15.6. The van der Waals surface area contributed by atoms with Crippen LogP contribution >= 0.6 is 0 Å². The van der Waals surface area contributed by atoms with Crippen LogP contribution in [0.3, 0.4) is 0 Å². The molecule has 0 aromatic heterocycles. The molecule has 0 aromatic carbocycles. The highest BCUT2D eigenvalue weighted by atomic mass is 16.6. The monoisotopic (exact) mass is 458 g/mol. The third-order valence-electron chi connectivity index (χ3n) is 12.0. The van der Waals surface area contributed by atoms with E-state index >= 15 is 0 Å². The summed E-state index contributed by atoms with van der Waals surface area (Å²) in [5.74, 6) is 5.59. The average Bonchev–Trinajstić information content (AvgIpc) is 3.08. The van der Waals surface area contributed by atoms with E-state index in [-0.39, 0.29) is 17.7 Å². The SMILES string of the molecule is CC(=O)O[C@]12CO[C@H]1CC[C@@]1(C)[C@H]2CC[C@@H]2[C@@H]1CC[C@]1(C)[C@@H]([C@H](C)CCCC(C)C)CC[C@@H]21. The third-order valence-corrected chi connectivity index (χ3v) is 12.0. The molecule has 0 aromatic rings. The number of esters is 1. The normalized spacial score (nSPS) is 49.3. The minimum atomic E-state index is -0.326. The zero-order valence-corrected chi connectivity index (χ0v) is 22.3. The lowest BCUT2D eigenvalue weighted by atomic mass is 9.41. The molecule has 0 bridgehead atoms. The van der Waals surface area contributed by atoms with Crippen LogP contribution in [0.25, 0.3) is 0 Å². The quantitative estimate of drug-likeness (QED) is 0.389. The highest BCUT2D eigenvalue weighted by Gasteiger charge is 2.69. The van der Waals surface area contributed by atoms with E-state index in [4.69, 9.17) is 9.47 Å². The fourth-order valence-electron chi connectivity index (χ4n) is 10.5. The van der Waals surface area contributed by atoms with Crippen LogP contribution in [0.1, 0.15) is 112 Å². The highest BCUT2D eigenvalue weighted by Crippen LogP contribution is 2.70. The number of hydrogen-bond acceptors (Lipinski definition) is 3. The van der Waals surface area contributed by atoms with E-state index in [1.54, 1.807) is 6.92 Å². The van der Waals surface area contributed by atoms with Crippen LogP contribution in [0.4, 0.5) is 0 Å². The van der Waals surface area contributed by atoms with E-state index in [9.17, 15) is 4.79 Å². The molecule has 5 rings (SSSR count). The molecule has 0 amide bonds. The maximum atomic E-state index is 12.1. The van der Waals surface area contributed by atoms with E-state index in [0.717, 1.165) is 41.9 Å². The van der Waals surface area contributed by atoms with Crippen molar-refractivity contribution in [2.45, 2.75) is 124 Å². The molecule has 33 heavy (non-hydrogen) atoms. The molecule has 0 spiro atoms. The molecule has 0 N–H and O–H groups in total. The summed E-state index contributed by atoms with van der Waals surface area (Å²) in [5, 5.41) is 0. The van der Waals surface area contributed by atoms with Crippen molar-refractivity contribution in [1.29, 1.82) is 0 Å². The van der Waals surface area contributed by atoms with E-state index < -0.39 is 0 Å². The predicted octanol–water partition coefficient (Wildman–Crippen LogP) is 7.42. The molecule has 3 nitrogen and oxygen atoms in total. The zero-order chi connectivity index (χ0) is 23.6. The zero-order valence-electron chi connectivity index (χ0n) is 22.3. The summed E-state index contributed by atoms with van der Waals surface area (Å²) in [6, 6.07) is 0. The lowest BCUT2D eigenvalue weighted by molar-refractivity contribution is -0.322. The number of fused-ring (bicyclic) bond motifs is 7. The third kappa shape index (κ3) is 3.64. The molecule has 0 unspecified atom stereocenters. The number of rotatable bonds is 6. The van der Waals surface area contributed by atoms with Gasteiger partial charge in [0, 0.05) is 12.8 Å². The van der Waals surface area contributed by atoms with E-state index in [0.29, 0.717) is 23.4 Å². The summed E-state index contributed by atoms with van der Waals surface area (Å²) >= 11 is 0. The van der Waals surface area contributed by atoms with Gasteiger partial charge >= 0.3 is 5.97 Å². The number of carbonyl (C=O) groups excluding carboxylic acids is 1. The lowest BCUT2D eigenvalue weighted by Crippen LogP contribution is -2.73. The number of ether oxygens (including phenoxy) is 2. The molecule has 188 valence electrons. The van der Waals surface area contributed by atoms with E-state index in [1.807, 2.05) is 0 Å². The maximum absolute atomic E-state index is 12.1. The summed E-state index contributed by atoms with van der Waals surface area (Å²) in [6.45, 7) is 14.8. The Bertz CT molecular complexity index is 747. The van der Waals surface area contributed by atoms with Gasteiger partial charge in [-0.2, -0.15) is 0 Å². The lowest BCUT2D eigenvalue weighted by Gasteiger charge is -2.67. The van der Waals surface area contributed by atoms with Gasteiger partial charge in [-0.25, -0.2) is 0 Å². The van der Waals surface area contributed by atoms with Gasteiger partial charge in [0.1, 0.15) is 6.10 Å². The van der Waals surface area contributed by atoms with Crippen LogP contribution in [0.2, 0.25) is 0 Å². The minimum Gasteiger partial charge on any atom is -0.454 e. The van der Waals surface area contributed by atoms with Crippen LogP contribution < -0.4 is 0 Å². The first kappa shape index (κ1) is 24.1. The molecule has 1 aliphatic heterocycles. The van der Waals surface area contributed by atoms with E-state index in [2.05, 4.69) is 34.6 Å². The Hall–Kier alpha value is -0.570. The summed E-state index contributed by atoms with van der Waals surface area (Å²) < 4.78 is 12.1. The average molecular weight is 459 g/mol. The minimum absolute atomic E-state index is 0.115. The van der Waals surface area contributed by atoms with Gasteiger partial charge < -0.3 is 9.47 Å². The van der Waals surface area contributed by atoms with Crippen molar-refractivity contribution in [3.8, 4) is 0 Å². The van der Waals surface area contributed by atoms with Crippen LogP contribution in [-0.4, -0.2) is 24.3 Å². The summed E-state index contributed by atoms with van der Waals surface area (Å²) in [4.78, 5) is 12.1. The van der Waals surface area contributed by atoms with Crippen molar-refractivity contribution in [3.63, 3.8) is 0 Å². The molecule has 0 radical (unpaired) electrons. The largest absolute Gasteiger partial charge is 0.454 e. The predicted molar refractivity (Wildman–Crippen MR) is 133 cm³/mol. The number of carbonyl (C=O) groups is 1. The van der Waals surface area contributed by atoms with Gasteiger partial charge in [-0.05, 0) is 97.7 Å². The Kier molecular flexibility index (Phi) is 6.24. The van der Waals surface area contributed by atoms with Gasteiger partial charge in [-0.1, -0.05) is 53.9 Å². The van der Waals surface area contributed by atoms with Crippen molar-refractivity contribution in [3.05, 3.63) is 0 Å². The van der Waals surface area contributed by atoms with Crippen LogP contribution in [0.15, 0.2) is 0 Å². The van der Waals surface area contributed by atoms with Crippen molar-refractivity contribution >= 4 is 5.97 Å².